The summed E-state index contributed by atoms with van der Waals surface area (Å²) in [5, 5.41) is 3.10. The normalized spacial score (nSPS) is 15.0. The Kier molecular flexibility index (Phi) is 1.73. The standard InChI is InChI=1S/C7H9N3OS/c11-6-4-2-1-3-8-5(4)9-7(12)10-6/h1-3H2,(H3,8,9,10,11,12). The summed E-state index contributed by atoms with van der Waals surface area (Å²) in [6, 6.07) is 0. The van der Waals surface area contributed by atoms with E-state index in [1.165, 1.54) is 0 Å². The molecular formula is C7H9N3OS. The van der Waals surface area contributed by atoms with Crippen LogP contribution >= 0.6 is 12.2 Å². The van der Waals surface area contributed by atoms with Gasteiger partial charge in [-0.1, -0.05) is 0 Å². The highest BCUT2D eigenvalue weighted by atomic mass is 32.1. The molecular weight excluding hydrogens is 174 g/mol. The van der Waals surface area contributed by atoms with E-state index < -0.39 is 0 Å². The summed E-state index contributed by atoms with van der Waals surface area (Å²) >= 11 is 4.83. The minimum Gasteiger partial charge on any atom is -0.371 e. The van der Waals surface area contributed by atoms with Crippen molar-refractivity contribution in [2.45, 2.75) is 12.8 Å². The first-order valence-electron chi connectivity index (χ1n) is 3.87. The minimum absolute atomic E-state index is 0.0686. The Labute approximate surface area is 74.0 Å². The first-order valence-corrected chi connectivity index (χ1v) is 4.27. The second kappa shape index (κ2) is 2.75. The molecule has 0 bridgehead atoms. The molecule has 0 amide bonds. The second-order valence-corrected chi connectivity index (χ2v) is 3.20. The molecule has 0 aliphatic carbocycles. The maximum absolute atomic E-state index is 11.3. The quantitative estimate of drug-likeness (QED) is 0.521. The van der Waals surface area contributed by atoms with Crippen LogP contribution in [0.5, 0.6) is 0 Å². The number of aromatic amines is 2. The molecule has 0 radical (unpaired) electrons. The van der Waals surface area contributed by atoms with Gasteiger partial charge in [-0.3, -0.25) is 9.78 Å². The van der Waals surface area contributed by atoms with Gasteiger partial charge in [-0.2, -0.15) is 0 Å². The number of hydrogen-bond acceptors (Lipinski definition) is 3. The molecule has 1 aliphatic heterocycles. The maximum Gasteiger partial charge on any atom is 0.256 e. The third-order valence-electron chi connectivity index (χ3n) is 1.95. The van der Waals surface area contributed by atoms with E-state index in [0.717, 1.165) is 30.8 Å². The van der Waals surface area contributed by atoms with Crippen molar-refractivity contribution in [2.24, 2.45) is 0 Å². The van der Waals surface area contributed by atoms with Crippen LogP contribution in [-0.4, -0.2) is 16.5 Å². The fourth-order valence-corrected chi connectivity index (χ4v) is 1.58. The van der Waals surface area contributed by atoms with E-state index in [4.69, 9.17) is 12.2 Å². The van der Waals surface area contributed by atoms with Gasteiger partial charge in [-0.15, -0.1) is 0 Å². The Hall–Kier alpha value is -1.10. The van der Waals surface area contributed by atoms with E-state index >= 15 is 0 Å². The van der Waals surface area contributed by atoms with E-state index in [-0.39, 0.29) is 5.56 Å². The maximum atomic E-state index is 11.3. The van der Waals surface area contributed by atoms with E-state index in [1.807, 2.05) is 0 Å². The van der Waals surface area contributed by atoms with Gasteiger partial charge >= 0.3 is 0 Å². The Morgan fingerprint density at radius 2 is 2.17 bits per heavy atom. The molecule has 0 saturated heterocycles. The first-order chi connectivity index (χ1) is 5.77. The van der Waals surface area contributed by atoms with Crippen LogP contribution in [0, 0.1) is 4.77 Å². The highest BCUT2D eigenvalue weighted by Crippen LogP contribution is 2.13. The Bertz CT molecular complexity index is 406. The van der Waals surface area contributed by atoms with Gasteiger partial charge in [0.05, 0.1) is 5.56 Å². The van der Waals surface area contributed by atoms with Crippen LogP contribution in [0.15, 0.2) is 4.79 Å². The van der Waals surface area contributed by atoms with Crippen molar-refractivity contribution in [1.82, 2.24) is 9.97 Å². The molecule has 0 unspecified atom stereocenters. The molecule has 0 saturated carbocycles. The average molecular weight is 183 g/mol. The number of rotatable bonds is 0. The van der Waals surface area contributed by atoms with Gasteiger partial charge in [0.15, 0.2) is 4.77 Å². The third kappa shape index (κ3) is 1.16. The summed E-state index contributed by atoms with van der Waals surface area (Å²) in [6.45, 7) is 0.904. The molecule has 3 N–H and O–H groups in total. The van der Waals surface area contributed by atoms with Crippen molar-refractivity contribution in [3.8, 4) is 0 Å². The molecule has 12 heavy (non-hydrogen) atoms. The summed E-state index contributed by atoms with van der Waals surface area (Å²) in [5.41, 5.74) is 0.718. The SMILES string of the molecule is O=c1[nH]c(=S)[nH]c2c1CCCN2. The van der Waals surface area contributed by atoms with Gasteiger partial charge < -0.3 is 10.3 Å². The third-order valence-corrected chi connectivity index (χ3v) is 2.15. The molecule has 5 heteroatoms. The fourth-order valence-electron chi connectivity index (χ4n) is 1.38. The summed E-state index contributed by atoms with van der Waals surface area (Å²) in [5.74, 6) is 0.787. The van der Waals surface area contributed by atoms with Crippen LogP contribution in [0.1, 0.15) is 12.0 Å². The zero-order chi connectivity index (χ0) is 8.55. The molecule has 2 heterocycles. The van der Waals surface area contributed by atoms with Crippen molar-refractivity contribution in [2.75, 3.05) is 11.9 Å². The summed E-state index contributed by atoms with van der Waals surface area (Å²) in [7, 11) is 0. The summed E-state index contributed by atoms with van der Waals surface area (Å²) < 4.78 is 0.383. The molecule has 64 valence electrons. The molecule has 0 atom stereocenters. The molecule has 1 aromatic heterocycles. The highest BCUT2D eigenvalue weighted by Gasteiger charge is 2.11. The van der Waals surface area contributed by atoms with Crippen LogP contribution in [-0.2, 0) is 6.42 Å². The number of H-pyrrole nitrogens is 2. The van der Waals surface area contributed by atoms with E-state index in [9.17, 15) is 4.79 Å². The lowest BCUT2D eigenvalue weighted by molar-refractivity contribution is 0.795. The van der Waals surface area contributed by atoms with Gasteiger partial charge in [-0.05, 0) is 25.1 Å². The van der Waals surface area contributed by atoms with E-state index in [0.29, 0.717) is 4.77 Å². The average Bonchev–Trinajstić information content (AvgIpc) is 2.04. The molecule has 0 fully saturated rings. The number of anilines is 1. The molecule has 4 nitrogen and oxygen atoms in total. The number of aromatic nitrogens is 2. The zero-order valence-electron chi connectivity index (χ0n) is 6.44. The molecule has 2 rings (SSSR count). The van der Waals surface area contributed by atoms with Crippen LogP contribution in [0.4, 0.5) is 5.82 Å². The smallest absolute Gasteiger partial charge is 0.256 e. The molecule has 0 aromatic carbocycles. The van der Waals surface area contributed by atoms with E-state index in [1.54, 1.807) is 0 Å². The monoisotopic (exact) mass is 183 g/mol. The van der Waals surface area contributed by atoms with Crippen molar-refractivity contribution in [3.63, 3.8) is 0 Å². The van der Waals surface area contributed by atoms with Gasteiger partial charge in [0.25, 0.3) is 5.56 Å². The van der Waals surface area contributed by atoms with Crippen LogP contribution < -0.4 is 10.9 Å². The zero-order valence-corrected chi connectivity index (χ0v) is 7.25. The lowest BCUT2D eigenvalue weighted by Crippen LogP contribution is -2.23. The van der Waals surface area contributed by atoms with Crippen molar-refractivity contribution < 1.29 is 0 Å². The van der Waals surface area contributed by atoms with Crippen molar-refractivity contribution >= 4 is 18.0 Å². The number of fused-ring (bicyclic) bond motifs is 1. The van der Waals surface area contributed by atoms with Crippen molar-refractivity contribution in [1.29, 1.82) is 0 Å². The summed E-state index contributed by atoms with van der Waals surface area (Å²) in [6.07, 6.45) is 1.82. The van der Waals surface area contributed by atoms with Crippen LogP contribution in [0.25, 0.3) is 0 Å². The lowest BCUT2D eigenvalue weighted by Gasteiger charge is -2.15. The predicted octanol–water partition coefficient (Wildman–Crippen LogP) is 0.791. The Morgan fingerprint density at radius 1 is 1.33 bits per heavy atom. The molecule has 0 spiro atoms. The largest absolute Gasteiger partial charge is 0.371 e. The number of hydrogen-bond donors (Lipinski definition) is 3. The minimum atomic E-state index is -0.0686. The van der Waals surface area contributed by atoms with Gasteiger partial charge in [0.2, 0.25) is 0 Å². The van der Waals surface area contributed by atoms with Crippen molar-refractivity contribution in [3.05, 3.63) is 20.7 Å². The summed E-state index contributed by atoms with van der Waals surface area (Å²) in [4.78, 5) is 16.8. The van der Waals surface area contributed by atoms with Crippen LogP contribution in [0.2, 0.25) is 0 Å². The molecule has 1 aromatic rings. The van der Waals surface area contributed by atoms with Gasteiger partial charge in [0, 0.05) is 6.54 Å². The van der Waals surface area contributed by atoms with Gasteiger partial charge in [0.1, 0.15) is 5.82 Å². The first kappa shape index (κ1) is 7.54. The topological polar surface area (TPSA) is 60.7 Å². The number of nitrogens with one attached hydrogen (secondary N) is 3. The van der Waals surface area contributed by atoms with Gasteiger partial charge in [-0.25, -0.2) is 0 Å². The van der Waals surface area contributed by atoms with E-state index in [2.05, 4.69) is 15.3 Å². The Balaban J connectivity index is 2.68. The van der Waals surface area contributed by atoms with Crippen LogP contribution in [0.3, 0.4) is 0 Å². The fraction of sp³-hybridized carbons (Fsp3) is 0.429. The highest BCUT2D eigenvalue weighted by molar-refractivity contribution is 7.71. The second-order valence-electron chi connectivity index (χ2n) is 2.79. The Morgan fingerprint density at radius 3 is 3.00 bits per heavy atom. The lowest BCUT2D eigenvalue weighted by atomic mass is 10.1. The predicted molar refractivity (Wildman–Crippen MR) is 49.1 cm³/mol. The molecule has 1 aliphatic rings.